The largest absolute Gasteiger partial charge is 0.350 e. The first-order valence-electron chi connectivity index (χ1n) is 8.66. The lowest BCUT2D eigenvalue weighted by molar-refractivity contribution is 0.0939. The molecule has 0 saturated carbocycles. The maximum Gasteiger partial charge on any atom is 0.252 e. The number of ketones is 1. The van der Waals surface area contributed by atoms with Crippen LogP contribution in [0.15, 0.2) is 42.5 Å². The molecule has 5 heteroatoms. The fourth-order valence-corrected chi connectivity index (χ4v) is 2.68. The first-order chi connectivity index (χ1) is 11.9. The first-order valence-corrected chi connectivity index (χ1v) is 8.66. The Kier molecular flexibility index (Phi) is 8.49. The Bertz CT molecular complexity index is 774. The molecule has 2 rings (SSSR count). The number of hydrogen-bond acceptors (Lipinski definition) is 3. The highest BCUT2D eigenvalue weighted by Gasteiger charge is 2.18. The Labute approximate surface area is 161 Å². The van der Waals surface area contributed by atoms with E-state index in [2.05, 4.69) is 10.6 Å². The summed E-state index contributed by atoms with van der Waals surface area (Å²) in [4.78, 5) is 25.4. The van der Waals surface area contributed by atoms with Gasteiger partial charge in [0.2, 0.25) is 0 Å². The molecular formula is C21H27ClN2O2. The van der Waals surface area contributed by atoms with Crippen molar-refractivity contribution in [1.82, 2.24) is 10.6 Å². The molecule has 26 heavy (non-hydrogen) atoms. The Hall–Kier alpha value is -2.17. The van der Waals surface area contributed by atoms with Gasteiger partial charge < -0.3 is 10.6 Å². The summed E-state index contributed by atoms with van der Waals surface area (Å²) in [6, 6.07) is 12.8. The highest BCUT2D eigenvalue weighted by molar-refractivity contribution is 6.15. The van der Waals surface area contributed by atoms with Crippen LogP contribution in [0.1, 0.15) is 51.3 Å². The lowest BCUT2D eigenvalue weighted by Crippen LogP contribution is -2.39. The monoisotopic (exact) mass is 374 g/mol. The summed E-state index contributed by atoms with van der Waals surface area (Å²) in [6.45, 7) is 9.38. The van der Waals surface area contributed by atoms with Crippen molar-refractivity contribution >= 4 is 24.1 Å². The van der Waals surface area contributed by atoms with Crippen molar-refractivity contribution in [2.75, 3.05) is 13.1 Å². The Balaban J connectivity index is 0.00000338. The van der Waals surface area contributed by atoms with E-state index in [1.54, 1.807) is 24.3 Å². The van der Waals surface area contributed by atoms with Gasteiger partial charge in [-0.3, -0.25) is 9.59 Å². The molecule has 0 aliphatic carbocycles. The molecule has 0 saturated heterocycles. The highest BCUT2D eigenvalue weighted by atomic mass is 35.5. The van der Waals surface area contributed by atoms with Crippen molar-refractivity contribution in [3.05, 3.63) is 70.3 Å². The van der Waals surface area contributed by atoms with E-state index >= 15 is 0 Å². The first kappa shape index (κ1) is 21.9. The van der Waals surface area contributed by atoms with Crippen molar-refractivity contribution in [1.29, 1.82) is 0 Å². The molecule has 0 aromatic heterocycles. The zero-order chi connectivity index (χ0) is 18.4. The van der Waals surface area contributed by atoms with E-state index in [0.29, 0.717) is 23.2 Å². The van der Waals surface area contributed by atoms with E-state index in [0.717, 1.165) is 17.7 Å². The summed E-state index contributed by atoms with van der Waals surface area (Å²) in [7, 11) is 0. The lowest BCUT2D eigenvalue weighted by Gasteiger charge is -2.14. The molecule has 0 aliphatic heterocycles. The number of rotatable bonds is 7. The van der Waals surface area contributed by atoms with E-state index in [1.165, 1.54) is 0 Å². The van der Waals surface area contributed by atoms with Crippen molar-refractivity contribution in [2.45, 2.75) is 33.7 Å². The number of aryl methyl sites for hydroxylation is 2. The van der Waals surface area contributed by atoms with Crippen molar-refractivity contribution in [3.8, 4) is 0 Å². The van der Waals surface area contributed by atoms with Crippen LogP contribution >= 0.6 is 12.4 Å². The maximum atomic E-state index is 12.9. The van der Waals surface area contributed by atoms with E-state index < -0.39 is 0 Å². The number of amides is 1. The molecule has 0 radical (unpaired) electrons. The third kappa shape index (κ3) is 5.41. The number of hydrogen-bond donors (Lipinski definition) is 2. The zero-order valence-electron chi connectivity index (χ0n) is 15.8. The molecule has 1 atom stereocenters. The van der Waals surface area contributed by atoms with Gasteiger partial charge in [-0.25, -0.2) is 0 Å². The van der Waals surface area contributed by atoms with Crippen LogP contribution in [0.5, 0.6) is 0 Å². The van der Waals surface area contributed by atoms with E-state index in [9.17, 15) is 9.59 Å². The molecule has 4 nitrogen and oxygen atoms in total. The Morgan fingerprint density at radius 1 is 1.00 bits per heavy atom. The summed E-state index contributed by atoms with van der Waals surface area (Å²) in [5.74, 6) is -0.355. The highest BCUT2D eigenvalue weighted by Crippen LogP contribution is 2.17. The van der Waals surface area contributed by atoms with Crippen LogP contribution in [0, 0.1) is 13.8 Å². The average molecular weight is 375 g/mol. The molecule has 0 fully saturated rings. The van der Waals surface area contributed by atoms with E-state index in [1.807, 2.05) is 45.9 Å². The minimum absolute atomic E-state index is 0. The number of carbonyl (C=O) groups is 2. The molecule has 140 valence electrons. The molecule has 2 aromatic rings. The van der Waals surface area contributed by atoms with Crippen molar-refractivity contribution < 1.29 is 9.59 Å². The second kappa shape index (κ2) is 10.1. The molecule has 2 N–H and O–H groups in total. The summed E-state index contributed by atoms with van der Waals surface area (Å²) < 4.78 is 0. The third-order valence-electron chi connectivity index (χ3n) is 4.31. The van der Waals surface area contributed by atoms with Gasteiger partial charge in [-0.2, -0.15) is 0 Å². The summed E-state index contributed by atoms with van der Waals surface area (Å²) in [6.07, 6.45) is 0. The van der Waals surface area contributed by atoms with Gasteiger partial charge >= 0.3 is 0 Å². The molecule has 0 spiro atoms. The third-order valence-corrected chi connectivity index (χ3v) is 4.31. The van der Waals surface area contributed by atoms with Crippen LogP contribution in [0.2, 0.25) is 0 Å². The lowest BCUT2D eigenvalue weighted by atomic mass is 9.95. The normalized spacial score (nSPS) is 11.4. The fourth-order valence-electron chi connectivity index (χ4n) is 2.68. The standard InChI is InChI=1S/C21H26N2O2.ClH/c1-5-22-16(4)13-23-21(25)19-9-7-6-8-18(19)20(24)17-11-10-14(2)15(3)12-17;/h6-12,16,22H,5,13H2,1-4H3,(H,23,25);1H/t16-;/m1./s1. The quantitative estimate of drug-likeness (QED) is 0.727. The predicted molar refractivity (Wildman–Crippen MR) is 109 cm³/mol. The van der Waals surface area contributed by atoms with E-state index in [-0.39, 0.29) is 30.1 Å². The van der Waals surface area contributed by atoms with Crippen LogP contribution < -0.4 is 10.6 Å². The molecule has 0 heterocycles. The van der Waals surface area contributed by atoms with Gasteiger partial charge in [-0.15, -0.1) is 12.4 Å². The van der Waals surface area contributed by atoms with Gasteiger partial charge in [0.1, 0.15) is 0 Å². The number of carbonyl (C=O) groups excluding carboxylic acids is 2. The Morgan fingerprint density at radius 3 is 2.27 bits per heavy atom. The summed E-state index contributed by atoms with van der Waals surface area (Å²) >= 11 is 0. The zero-order valence-corrected chi connectivity index (χ0v) is 16.6. The van der Waals surface area contributed by atoms with Crippen molar-refractivity contribution in [2.24, 2.45) is 0 Å². The van der Waals surface area contributed by atoms with Gasteiger partial charge in [-0.05, 0) is 50.6 Å². The molecular weight excluding hydrogens is 348 g/mol. The molecule has 0 unspecified atom stereocenters. The van der Waals surface area contributed by atoms with Crippen LogP contribution in [0.25, 0.3) is 0 Å². The van der Waals surface area contributed by atoms with Gasteiger partial charge in [0, 0.05) is 23.7 Å². The number of likely N-dealkylation sites (N-methyl/N-ethyl adjacent to an activating group) is 1. The van der Waals surface area contributed by atoms with Gasteiger partial charge in [0.15, 0.2) is 5.78 Å². The fraction of sp³-hybridized carbons (Fsp3) is 0.333. The van der Waals surface area contributed by atoms with Crippen LogP contribution in [0.4, 0.5) is 0 Å². The maximum absolute atomic E-state index is 12.9. The number of nitrogens with one attached hydrogen (secondary N) is 2. The number of benzene rings is 2. The minimum Gasteiger partial charge on any atom is -0.350 e. The van der Waals surface area contributed by atoms with E-state index in [4.69, 9.17) is 0 Å². The molecule has 2 aromatic carbocycles. The second-order valence-electron chi connectivity index (χ2n) is 6.34. The topological polar surface area (TPSA) is 58.2 Å². The molecule has 1 amide bonds. The Morgan fingerprint density at radius 2 is 1.65 bits per heavy atom. The average Bonchev–Trinajstić information content (AvgIpc) is 2.61. The summed E-state index contributed by atoms with van der Waals surface area (Å²) in [5, 5.41) is 6.14. The summed E-state index contributed by atoms with van der Waals surface area (Å²) in [5.41, 5.74) is 3.64. The predicted octanol–water partition coefficient (Wildman–Crippen LogP) is 3.68. The number of halogens is 1. The van der Waals surface area contributed by atoms with Crippen molar-refractivity contribution in [3.63, 3.8) is 0 Å². The van der Waals surface area contributed by atoms with Gasteiger partial charge in [0.25, 0.3) is 5.91 Å². The van der Waals surface area contributed by atoms with Crippen LogP contribution in [-0.4, -0.2) is 30.8 Å². The second-order valence-corrected chi connectivity index (χ2v) is 6.34. The molecule has 0 aliphatic rings. The van der Waals surface area contributed by atoms with Crippen LogP contribution in [-0.2, 0) is 0 Å². The minimum atomic E-state index is -0.225. The van der Waals surface area contributed by atoms with Gasteiger partial charge in [-0.1, -0.05) is 37.3 Å². The molecule has 0 bridgehead atoms. The SMILES string of the molecule is CCN[C@H](C)CNC(=O)c1ccccc1C(=O)c1ccc(C)c(C)c1.Cl. The van der Waals surface area contributed by atoms with Gasteiger partial charge in [0.05, 0.1) is 5.56 Å². The smallest absolute Gasteiger partial charge is 0.252 e. The van der Waals surface area contributed by atoms with Crippen LogP contribution in [0.3, 0.4) is 0 Å².